The van der Waals surface area contributed by atoms with Crippen LogP contribution in [0.4, 0.5) is 4.79 Å². The molecule has 0 unspecified atom stereocenters. The fourth-order valence-corrected chi connectivity index (χ4v) is 3.77. The molecule has 9 nitrogen and oxygen atoms in total. The van der Waals surface area contributed by atoms with Gasteiger partial charge in [-0.15, -0.1) is 0 Å². The van der Waals surface area contributed by atoms with E-state index in [0.29, 0.717) is 5.56 Å². The van der Waals surface area contributed by atoms with Gasteiger partial charge in [0.25, 0.3) is 5.91 Å². The predicted molar refractivity (Wildman–Crippen MR) is 95.7 cm³/mol. The molecule has 27 heavy (non-hydrogen) atoms. The molecule has 3 rings (SSSR count). The lowest BCUT2D eigenvalue weighted by Crippen LogP contribution is -2.47. The first-order valence-corrected chi connectivity index (χ1v) is 10.1. The van der Waals surface area contributed by atoms with Crippen LogP contribution in [0.5, 0.6) is 0 Å². The molecule has 10 heteroatoms. The Balaban J connectivity index is 1.62. The average Bonchev–Trinajstić information content (AvgIpc) is 3.40. The van der Waals surface area contributed by atoms with Crippen molar-refractivity contribution in [1.82, 2.24) is 15.5 Å². The van der Waals surface area contributed by atoms with E-state index >= 15 is 0 Å². The van der Waals surface area contributed by atoms with Crippen LogP contribution in [0.1, 0.15) is 38.3 Å². The zero-order chi connectivity index (χ0) is 20.0. The maximum absolute atomic E-state index is 12.5. The van der Waals surface area contributed by atoms with E-state index in [-0.39, 0.29) is 23.3 Å². The van der Waals surface area contributed by atoms with Crippen molar-refractivity contribution < 1.29 is 22.8 Å². The van der Waals surface area contributed by atoms with Gasteiger partial charge >= 0.3 is 6.03 Å². The van der Waals surface area contributed by atoms with E-state index in [1.54, 1.807) is 26.0 Å². The molecule has 146 valence electrons. The number of benzene rings is 1. The van der Waals surface area contributed by atoms with Crippen LogP contribution in [0.15, 0.2) is 29.2 Å². The number of primary sulfonamides is 1. The standard InChI is InChI=1S/C17H22N4O5S/c1-10(11-3-7-13(8-4-11)27(18,25)26)19-14(22)9-21-15(23)17(2,12-5-6-12)20-16(21)24/h3-4,7-8,10,12H,5-6,9H2,1-2H3,(H,19,22)(H,20,24)(H2,18,25,26)/t10-,17+/m1/s1. The largest absolute Gasteiger partial charge is 0.348 e. The van der Waals surface area contributed by atoms with Gasteiger partial charge < -0.3 is 10.6 Å². The van der Waals surface area contributed by atoms with Gasteiger partial charge in [-0.2, -0.15) is 0 Å². The van der Waals surface area contributed by atoms with Crippen molar-refractivity contribution in [3.63, 3.8) is 0 Å². The maximum atomic E-state index is 12.5. The number of carbonyl (C=O) groups is 3. The van der Waals surface area contributed by atoms with Crippen LogP contribution in [0.2, 0.25) is 0 Å². The highest BCUT2D eigenvalue weighted by Crippen LogP contribution is 2.42. The third-order valence-electron chi connectivity index (χ3n) is 5.08. The summed E-state index contributed by atoms with van der Waals surface area (Å²) in [6.45, 7) is 3.04. The lowest BCUT2D eigenvalue weighted by atomic mass is 9.96. The Morgan fingerprint density at radius 3 is 2.44 bits per heavy atom. The number of sulfonamides is 1. The summed E-state index contributed by atoms with van der Waals surface area (Å²) in [4.78, 5) is 37.8. The summed E-state index contributed by atoms with van der Waals surface area (Å²) in [7, 11) is -3.79. The summed E-state index contributed by atoms with van der Waals surface area (Å²) in [5.41, 5.74) is -0.261. The van der Waals surface area contributed by atoms with Crippen LogP contribution in [0.3, 0.4) is 0 Å². The van der Waals surface area contributed by atoms with Gasteiger partial charge in [0.2, 0.25) is 15.9 Å². The van der Waals surface area contributed by atoms with Crippen LogP contribution >= 0.6 is 0 Å². The second-order valence-electron chi connectivity index (χ2n) is 7.20. The smallest absolute Gasteiger partial charge is 0.325 e. The molecule has 0 spiro atoms. The molecule has 2 fully saturated rings. The van der Waals surface area contributed by atoms with E-state index in [0.717, 1.165) is 17.7 Å². The van der Waals surface area contributed by atoms with E-state index in [2.05, 4.69) is 10.6 Å². The number of nitrogens with one attached hydrogen (secondary N) is 2. The Bertz CT molecular complexity index is 894. The zero-order valence-electron chi connectivity index (χ0n) is 15.1. The minimum atomic E-state index is -3.79. The van der Waals surface area contributed by atoms with Crippen LogP contribution in [0, 0.1) is 5.92 Å². The van der Waals surface area contributed by atoms with Gasteiger partial charge in [0.15, 0.2) is 0 Å². The van der Waals surface area contributed by atoms with E-state index < -0.39 is 33.5 Å². The minimum Gasteiger partial charge on any atom is -0.348 e. The van der Waals surface area contributed by atoms with Crippen molar-refractivity contribution in [1.29, 1.82) is 0 Å². The molecule has 0 bridgehead atoms. The first-order valence-electron chi connectivity index (χ1n) is 8.58. The molecular formula is C17H22N4O5S. The highest BCUT2D eigenvalue weighted by Gasteiger charge is 2.56. The van der Waals surface area contributed by atoms with Gasteiger partial charge in [0.05, 0.1) is 10.9 Å². The zero-order valence-corrected chi connectivity index (χ0v) is 15.9. The van der Waals surface area contributed by atoms with Crippen LogP contribution in [-0.2, 0) is 19.6 Å². The summed E-state index contributed by atoms with van der Waals surface area (Å²) < 4.78 is 22.6. The van der Waals surface area contributed by atoms with Gasteiger partial charge in [0.1, 0.15) is 12.1 Å². The molecule has 1 aromatic carbocycles. The Hall–Kier alpha value is -2.46. The molecule has 1 heterocycles. The number of imide groups is 1. The minimum absolute atomic E-state index is 0.0246. The molecule has 1 aliphatic carbocycles. The van der Waals surface area contributed by atoms with E-state index in [9.17, 15) is 22.8 Å². The SMILES string of the molecule is C[C@@H](NC(=O)CN1C(=O)N[C@@](C)(C2CC2)C1=O)c1ccc(S(N)(=O)=O)cc1. The number of amides is 4. The second-order valence-corrected chi connectivity index (χ2v) is 8.76. The monoisotopic (exact) mass is 394 g/mol. The van der Waals surface area contributed by atoms with E-state index in [1.165, 1.54) is 12.1 Å². The quantitative estimate of drug-likeness (QED) is 0.593. The number of urea groups is 1. The normalized spacial score (nSPS) is 23.9. The molecule has 1 aromatic rings. The van der Waals surface area contributed by atoms with Gasteiger partial charge in [-0.3, -0.25) is 14.5 Å². The molecule has 1 aliphatic heterocycles. The predicted octanol–water partition coefficient (Wildman–Crippen LogP) is 0.232. The third kappa shape index (κ3) is 3.81. The fraction of sp³-hybridized carbons (Fsp3) is 0.471. The molecular weight excluding hydrogens is 372 g/mol. The molecule has 2 aliphatic rings. The Labute approximate surface area is 157 Å². The number of hydrogen-bond donors (Lipinski definition) is 3. The number of nitrogens with two attached hydrogens (primary N) is 1. The first-order chi connectivity index (χ1) is 12.5. The third-order valence-corrected chi connectivity index (χ3v) is 6.01. The topological polar surface area (TPSA) is 139 Å². The van der Waals surface area contributed by atoms with Gasteiger partial charge in [-0.05, 0) is 50.3 Å². The van der Waals surface area contributed by atoms with Crippen molar-refractivity contribution in [3.05, 3.63) is 29.8 Å². The lowest BCUT2D eigenvalue weighted by Gasteiger charge is -2.21. The highest BCUT2D eigenvalue weighted by atomic mass is 32.2. The Morgan fingerprint density at radius 2 is 1.93 bits per heavy atom. The van der Waals surface area contributed by atoms with Crippen molar-refractivity contribution in [2.75, 3.05) is 6.54 Å². The number of carbonyl (C=O) groups excluding carboxylic acids is 3. The number of hydrogen-bond acceptors (Lipinski definition) is 5. The van der Waals surface area contributed by atoms with E-state index in [4.69, 9.17) is 5.14 Å². The molecule has 4 amide bonds. The number of nitrogens with zero attached hydrogens (tertiary/aromatic N) is 1. The molecule has 1 saturated carbocycles. The Morgan fingerprint density at radius 1 is 1.33 bits per heavy atom. The molecule has 4 N–H and O–H groups in total. The lowest BCUT2D eigenvalue weighted by molar-refractivity contribution is -0.135. The van der Waals surface area contributed by atoms with Crippen LogP contribution in [-0.4, -0.2) is 43.2 Å². The van der Waals surface area contributed by atoms with E-state index in [1.807, 2.05) is 0 Å². The van der Waals surface area contributed by atoms with Gasteiger partial charge in [0, 0.05) is 0 Å². The first kappa shape index (κ1) is 19.3. The van der Waals surface area contributed by atoms with Crippen molar-refractivity contribution in [2.24, 2.45) is 11.1 Å². The summed E-state index contributed by atoms with van der Waals surface area (Å²) >= 11 is 0. The van der Waals surface area contributed by atoms with Crippen LogP contribution in [0.25, 0.3) is 0 Å². The summed E-state index contributed by atoms with van der Waals surface area (Å²) in [6, 6.07) is 4.79. The molecule has 1 saturated heterocycles. The maximum Gasteiger partial charge on any atom is 0.325 e. The summed E-state index contributed by atoms with van der Waals surface area (Å²) in [5, 5.41) is 10.4. The molecule has 0 aromatic heterocycles. The van der Waals surface area contributed by atoms with Crippen molar-refractivity contribution >= 4 is 27.9 Å². The summed E-state index contributed by atoms with van der Waals surface area (Å²) in [6.07, 6.45) is 1.77. The second kappa shape index (κ2) is 6.61. The number of rotatable bonds is 6. The van der Waals surface area contributed by atoms with Crippen molar-refractivity contribution in [3.8, 4) is 0 Å². The molecule has 0 radical (unpaired) electrons. The van der Waals surface area contributed by atoms with Gasteiger partial charge in [-0.25, -0.2) is 18.4 Å². The van der Waals surface area contributed by atoms with Crippen molar-refractivity contribution in [2.45, 2.75) is 43.2 Å². The summed E-state index contributed by atoms with van der Waals surface area (Å²) in [5.74, 6) is -0.741. The molecule has 2 atom stereocenters. The fourth-order valence-electron chi connectivity index (χ4n) is 3.26. The average molecular weight is 394 g/mol. The van der Waals surface area contributed by atoms with Gasteiger partial charge in [-0.1, -0.05) is 12.1 Å². The van der Waals surface area contributed by atoms with Crippen LogP contribution < -0.4 is 15.8 Å². The highest BCUT2D eigenvalue weighted by molar-refractivity contribution is 7.89. The Kier molecular flexibility index (Phi) is 4.73.